The van der Waals surface area contributed by atoms with Crippen molar-refractivity contribution in [1.82, 2.24) is 0 Å². The molecule has 0 aliphatic carbocycles. The number of ether oxygens (including phenoxy) is 1. The zero-order valence-electron chi connectivity index (χ0n) is 14.5. The van der Waals surface area contributed by atoms with E-state index in [9.17, 15) is 18.0 Å². The number of nitrogen functional groups attached to an aromatic ring is 1. The minimum absolute atomic E-state index is 0.0419. The summed E-state index contributed by atoms with van der Waals surface area (Å²) in [4.78, 5) is 13.9. The molecule has 2 rings (SSSR count). The maximum absolute atomic E-state index is 12.9. The van der Waals surface area contributed by atoms with Gasteiger partial charge in [-0.1, -0.05) is 0 Å². The molecule has 1 aliphatic heterocycles. The number of esters is 1. The van der Waals surface area contributed by atoms with E-state index in [4.69, 9.17) is 15.6 Å². The molecule has 0 saturated carbocycles. The average molecular weight is 362 g/mol. The number of rotatable bonds is 3. The lowest BCUT2D eigenvalue weighted by molar-refractivity contribution is -0.137. The van der Waals surface area contributed by atoms with Crippen molar-refractivity contribution >= 4 is 17.3 Å². The first-order chi connectivity index (χ1) is 11.8. The number of hydrogen-bond donors (Lipinski definition) is 2. The Hall–Kier alpha value is -1.96. The SMILES string of the molecule is CCO.CCOC(=O)c1cc(C(F)(F)F)cc(N)c1N1CCCCC1. The zero-order chi connectivity index (χ0) is 19.0. The molecule has 1 aliphatic rings. The van der Waals surface area contributed by atoms with Crippen molar-refractivity contribution in [2.24, 2.45) is 0 Å². The Morgan fingerprint density at radius 3 is 2.28 bits per heavy atom. The smallest absolute Gasteiger partial charge is 0.416 e. The van der Waals surface area contributed by atoms with Gasteiger partial charge in [-0.2, -0.15) is 13.2 Å². The van der Waals surface area contributed by atoms with Crippen molar-refractivity contribution in [1.29, 1.82) is 0 Å². The van der Waals surface area contributed by atoms with E-state index in [1.807, 2.05) is 4.90 Å². The van der Waals surface area contributed by atoms with E-state index in [0.29, 0.717) is 18.8 Å². The molecule has 1 fully saturated rings. The Labute approximate surface area is 145 Å². The van der Waals surface area contributed by atoms with Gasteiger partial charge in [0.05, 0.1) is 29.1 Å². The van der Waals surface area contributed by atoms with Crippen molar-refractivity contribution in [3.05, 3.63) is 23.3 Å². The second kappa shape index (κ2) is 9.50. The summed E-state index contributed by atoms with van der Waals surface area (Å²) in [6.07, 6.45) is -1.66. The Kier molecular flexibility index (Phi) is 8.02. The third-order valence-corrected chi connectivity index (χ3v) is 3.63. The molecule has 0 spiro atoms. The first kappa shape index (κ1) is 21.1. The van der Waals surface area contributed by atoms with Gasteiger partial charge in [-0.25, -0.2) is 4.79 Å². The average Bonchev–Trinajstić information content (AvgIpc) is 2.55. The van der Waals surface area contributed by atoms with Crippen LogP contribution in [0, 0.1) is 0 Å². The third-order valence-electron chi connectivity index (χ3n) is 3.63. The van der Waals surface area contributed by atoms with Crippen LogP contribution in [0.25, 0.3) is 0 Å². The molecule has 1 aromatic carbocycles. The predicted molar refractivity (Wildman–Crippen MR) is 90.6 cm³/mol. The second-order valence-electron chi connectivity index (χ2n) is 5.54. The number of carbonyl (C=O) groups is 1. The van der Waals surface area contributed by atoms with Gasteiger partial charge in [0.15, 0.2) is 0 Å². The molecule has 0 atom stereocenters. The number of piperidine rings is 1. The molecule has 0 amide bonds. The van der Waals surface area contributed by atoms with E-state index < -0.39 is 17.7 Å². The summed E-state index contributed by atoms with van der Waals surface area (Å²) in [5, 5.41) is 7.57. The molecule has 5 nitrogen and oxygen atoms in total. The molecule has 0 bridgehead atoms. The number of carbonyl (C=O) groups excluding carboxylic acids is 1. The topological polar surface area (TPSA) is 75.8 Å². The monoisotopic (exact) mass is 362 g/mol. The summed E-state index contributed by atoms with van der Waals surface area (Å²) < 4.78 is 43.7. The van der Waals surface area contributed by atoms with Crippen molar-refractivity contribution in [3.63, 3.8) is 0 Å². The first-order valence-electron chi connectivity index (χ1n) is 8.29. The summed E-state index contributed by atoms with van der Waals surface area (Å²) in [6, 6.07) is 1.71. The number of alkyl halides is 3. The number of aliphatic hydroxyl groups is 1. The lowest BCUT2D eigenvalue weighted by atomic mass is 10.0. The third kappa shape index (κ3) is 5.81. The normalized spacial score (nSPS) is 14.6. The minimum Gasteiger partial charge on any atom is -0.462 e. The maximum atomic E-state index is 12.9. The minimum atomic E-state index is -4.56. The van der Waals surface area contributed by atoms with E-state index in [-0.39, 0.29) is 24.5 Å². The van der Waals surface area contributed by atoms with Crippen LogP contribution in [0.3, 0.4) is 0 Å². The van der Waals surface area contributed by atoms with Gasteiger partial charge in [-0.05, 0) is 45.2 Å². The number of nitrogens with two attached hydrogens (primary N) is 1. The predicted octanol–water partition coefficient (Wildman–Crippen LogP) is 3.45. The number of nitrogens with zero attached hydrogens (tertiary/aromatic N) is 1. The van der Waals surface area contributed by atoms with Crippen molar-refractivity contribution in [2.45, 2.75) is 39.3 Å². The summed E-state index contributed by atoms with van der Waals surface area (Å²) in [5.41, 5.74) is 5.09. The van der Waals surface area contributed by atoms with E-state index in [0.717, 1.165) is 31.4 Å². The molecule has 3 N–H and O–H groups in total. The fraction of sp³-hybridized carbons (Fsp3) is 0.588. The standard InChI is InChI=1S/C15H19F3N2O2.C2H6O/c1-2-22-14(21)11-8-10(15(16,17)18)9-12(19)13(11)20-6-4-3-5-7-20;1-2-3/h8-9H,2-7,19H2,1H3;3H,2H2,1H3. The van der Waals surface area contributed by atoms with Crippen LogP contribution in [0.5, 0.6) is 0 Å². The molecule has 0 aromatic heterocycles. The lowest BCUT2D eigenvalue weighted by Crippen LogP contribution is -2.32. The van der Waals surface area contributed by atoms with E-state index in [1.54, 1.807) is 13.8 Å². The number of halogens is 3. The van der Waals surface area contributed by atoms with Gasteiger partial charge in [-0.3, -0.25) is 0 Å². The van der Waals surface area contributed by atoms with Crippen molar-refractivity contribution in [2.75, 3.05) is 36.9 Å². The van der Waals surface area contributed by atoms with Crippen LogP contribution in [-0.4, -0.2) is 37.4 Å². The van der Waals surface area contributed by atoms with Gasteiger partial charge in [0.1, 0.15) is 0 Å². The van der Waals surface area contributed by atoms with Crippen LogP contribution in [-0.2, 0) is 10.9 Å². The molecule has 0 radical (unpaired) electrons. The van der Waals surface area contributed by atoms with Gasteiger partial charge < -0.3 is 20.5 Å². The molecule has 8 heteroatoms. The highest BCUT2D eigenvalue weighted by Crippen LogP contribution is 2.38. The number of anilines is 2. The van der Waals surface area contributed by atoms with E-state index in [1.165, 1.54) is 0 Å². The summed E-state index contributed by atoms with van der Waals surface area (Å²) >= 11 is 0. The molecule has 25 heavy (non-hydrogen) atoms. The fourth-order valence-electron chi connectivity index (χ4n) is 2.66. The molecule has 1 aromatic rings. The van der Waals surface area contributed by atoms with Gasteiger partial charge in [-0.15, -0.1) is 0 Å². The van der Waals surface area contributed by atoms with Crippen LogP contribution in [0.4, 0.5) is 24.5 Å². The lowest BCUT2D eigenvalue weighted by Gasteiger charge is -2.31. The van der Waals surface area contributed by atoms with Crippen molar-refractivity contribution < 1.29 is 27.8 Å². The second-order valence-corrected chi connectivity index (χ2v) is 5.54. The molecule has 0 unspecified atom stereocenters. The van der Waals surface area contributed by atoms with Crippen LogP contribution >= 0.6 is 0 Å². The first-order valence-corrected chi connectivity index (χ1v) is 8.29. The number of aliphatic hydroxyl groups excluding tert-OH is 1. The number of hydrogen-bond acceptors (Lipinski definition) is 5. The van der Waals surface area contributed by atoms with Gasteiger partial charge in [0, 0.05) is 19.7 Å². The largest absolute Gasteiger partial charge is 0.462 e. The Morgan fingerprint density at radius 1 is 1.24 bits per heavy atom. The Bertz CT molecular complexity index is 571. The maximum Gasteiger partial charge on any atom is 0.416 e. The van der Waals surface area contributed by atoms with Crippen molar-refractivity contribution in [3.8, 4) is 0 Å². The van der Waals surface area contributed by atoms with Crippen LogP contribution in [0.2, 0.25) is 0 Å². The van der Waals surface area contributed by atoms with Crippen LogP contribution in [0.1, 0.15) is 49.0 Å². The van der Waals surface area contributed by atoms with Gasteiger partial charge in [0.2, 0.25) is 0 Å². The highest BCUT2D eigenvalue weighted by molar-refractivity contribution is 5.99. The summed E-state index contributed by atoms with van der Waals surface area (Å²) in [7, 11) is 0. The van der Waals surface area contributed by atoms with Crippen LogP contribution < -0.4 is 10.6 Å². The number of benzene rings is 1. The Balaban J connectivity index is 0.000000970. The van der Waals surface area contributed by atoms with Gasteiger partial charge in [0.25, 0.3) is 0 Å². The summed E-state index contributed by atoms with van der Waals surface area (Å²) in [5.74, 6) is -0.777. The van der Waals surface area contributed by atoms with E-state index in [2.05, 4.69) is 0 Å². The molecule has 1 heterocycles. The highest BCUT2D eigenvalue weighted by Gasteiger charge is 2.34. The quantitative estimate of drug-likeness (QED) is 0.636. The Morgan fingerprint density at radius 2 is 1.80 bits per heavy atom. The van der Waals surface area contributed by atoms with E-state index >= 15 is 0 Å². The molecular formula is C17H25F3N2O3. The van der Waals surface area contributed by atoms with Gasteiger partial charge >= 0.3 is 12.1 Å². The molecule has 142 valence electrons. The zero-order valence-corrected chi connectivity index (χ0v) is 14.5. The van der Waals surface area contributed by atoms with Crippen LogP contribution in [0.15, 0.2) is 12.1 Å². The summed E-state index contributed by atoms with van der Waals surface area (Å²) in [6.45, 7) is 4.97. The molecular weight excluding hydrogens is 337 g/mol. The fourth-order valence-corrected chi connectivity index (χ4v) is 2.66. The highest BCUT2D eigenvalue weighted by atomic mass is 19.4. The molecule has 1 saturated heterocycles.